The molecule has 1 fully saturated rings. The summed E-state index contributed by atoms with van der Waals surface area (Å²) in [6.07, 6.45) is 1.35. The van der Waals surface area contributed by atoms with Crippen molar-refractivity contribution in [1.82, 2.24) is 15.0 Å². The molecule has 0 radical (unpaired) electrons. The van der Waals surface area contributed by atoms with E-state index in [4.69, 9.17) is 9.26 Å². The number of hydrogen-bond acceptors (Lipinski definition) is 6. The van der Waals surface area contributed by atoms with Gasteiger partial charge in [0.2, 0.25) is 17.7 Å². The number of nitrogens with zero attached hydrogens (tertiary/aromatic N) is 3. The molecule has 1 saturated heterocycles. The van der Waals surface area contributed by atoms with Gasteiger partial charge in [0.25, 0.3) is 0 Å². The Morgan fingerprint density at radius 2 is 2.19 bits per heavy atom. The van der Waals surface area contributed by atoms with Gasteiger partial charge in [-0.3, -0.25) is 9.59 Å². The molecule has 2 amide bonds. The fourth-order valence-corrected chi connectivity index (χ4v) is 3.05. The fraction of sp³-hybridized carbons (Fsp3) is 0.444. The lowest BCUT2D eigenvalue weighted by Crippen LogP contribution is -2.33. The smallest absolute Gasteiger partial charge is 0.249 e. The summed E-state index contributed by atoms with van der Waals surface area (Å²) >= 11 is 0. The number of hydrogen-bond donors (Lipinski definition) is 1. The number of para-hydroxylation sites is 2. The van der Waals surface area contributed by atoms with E-state index < -0.39 is 0 Å². The van der Waals surface area contributed by atoms with Crippen molar-refractivity contribution in [3.8, 4) is 5.75 Å². The van der Waals surface area contributed by atoms with Crippen LogP contribution in [0.25, 0.3) is 0 Å². The van der Waals surface area contributed by atoms with Gasteiger partial charge < -0.3 is 19.5 Å². The number of anilines is 1. The van der Waals surface area contributed by atoms with Gasteiger partial charge in [0, 0.05) is 6.54 Å². The van der Waals surface area contributed by atoms with Gasteiger partial charge in [-0.2, -0.15) is 4.98 Å². The van der Waals surface area contributed by atoms with Crippen LogP contribution < -0.4 is 10.1 Å². The van der Waals surface area contributed by atoms with Crippen molar-refractivity contribution in [1.29, 1.82) is 0 Å². The Morgan fingerprint density at radius 3 is 2.92 bits per heavy atom. The zero-order chi connectivity index (χ0) is 18.5. The summed E-state index contributed by atoms with van der Waals surface area (Å²) in [6, 6.07) is 6.89. The number of aryl methyl sites for hydroxylation is 1. The maximum absolute atomic E-state index is 12.6. The van der Waals surface area contributed by atoms with Crippen LogP contribution >= 0.6 is 0 Å². The molecule has 1 aliphatic heterocycles. The molecule has 0 unspecified atom stereocenters. The summed E-state index contributed by atoms with van der Waals surface area (Å²) in [5.41, 5.74) is 0.553. The summed E-state index contributed by atoms with van der Waals surface area (Å²) in [5.74, 6) is 0.903. The molecule has 26 heavy (non-hydrogen) atoms. The SMILES string of the molecule is CCOc1ccccc1NC(=O)CC(=O)N1CCC[C@@H]1c1nc(C)no1. The van der Waals surface area contributed by atoms with Crippen molar-refractivity contribution in [2.24, 2.45) is 0 Å². The molecular formula is C18H22N4O4. The number of likely N-dealkylation sites (tertiary alicyclic amines) is 1. The molecule has 2 aromatic rings. The van der Waals surface area contributed by atoms with Crippen LogP contribution in [0.5, 0.6) is 5.75 Å². The van der Waals surface area contributed by atoms with Crippen LogP contribution in [0, 0.1) is 6.92 Å². The zero-order valence-electron chi connectivity index (χ0n) is 14.9. The van der Waals surface area contributed by atoms with Crippen LogP contribution in [0.2, 0.25) is 0 Å². The second-order valence-electron chi connectivity index (χ2n) is 6.08. The Morgan fingerprint density at radius 1 is 1.38 bits per heavy atom. The van der Waals surface area contributed by atoms with Crippen molar-refractivity contribution >= 4 is 17.5 Å². The standard InChI is InChI=1S/C18H22N4O4/c1-3-25-15-9-5-4-7-13(15)20-16(23)11-17(24)22-10-6-8-14(22)18-19-12(2)21-26-18/h4-5,7,9,14H,3,6,8,10-11H2,1-2H3,(H,20,23)/t14-/m1/s1. The topological polar surface area (TPSA) is 97.6 Å². The molecule has 1 N–H and O–H groups in total. The van der Waals surface area contributed by atoms with E-state index in [0.717, 1.165) is 12.8 Å². The van der Waals surface area contributed by atoms with Crippen LogP contribution in [0.1, 0.15) is 43.9 Å². The zero-order valence-corrected chi connectivity index (χ0v) is 14.9. The van der Waals surface area contributed by atoms with Crippen LogP contribution in [0.3, 0.4) is 0 Å². The predicted octanol–water partition coefficient (Wildman–Crippen LogP) is 2.47. The van der Waals surface area contributed by atoms with Crippen LogP contribution in [-0.4, -0.2) is 40.0 Å². The number of rotatable bonds is 6. The molecule has 8 nitrogen and oxygen atoms in total. The van der Waals surface area contributed by atoms with Crippen molar-refractivity contribution in [3.05, 3.63) is 36.0 Å². The molecule has 1 aromatic carbocycles. The summed E-state index contributed by atoms with van der Waals surface area (Å²) in [7, 11) is 0. The molecule has 3 rings (SSSR count). The Hall–Kier alpha value is -2.90. The number of aromatic nitrogens is 2. The maximum atomic E-state index is 12.6. The molecule has 8 heteroatoms. The van der Waals surface area contributed by atoms with E-state index in [-0.39, 0.29) is 24.3 Å². The molecule has 0 spiro atoms. The highest BCUT2D eigenvalue weighted by Gasteiger charge is 2.34. The summed E-state index contributed by atoms with van der Waals surface area (Å²) in [5, 5.41) is 6.53. The molecule has 1 aliphatic rings. The molecular weight excluding hydrogens is 336 g/mol. The third kappa shape index (κ3) is 4.01. The number of amides is 2. The number of carbonyl (C=O) groups excluding carboxylic acids is 2. The first-order valence-electron chi connectivity index (χ1n) is 8.70. The van der Waals surface area contributed by atoms with Crippen LogP contribution in [0.4, 0.5) is 5.69 Å². The monoisotopic (exact) mass is 358 g/mol. The first-order valence-corrected chi connectivity index (χ1v) is 8.70. The number of benzene rings is 1. The van der Waals surface area contributed by atoms with Crippen LogP contribution in [-0.2, 0) is 9.59 Å². The first-order chi connectivity index (χ1) is 12.6. The molecule has 0 saturated carbocycles. The lowest BCUT2D eigenvalue weighted by Gasteiger charge is -2.21. The van der Waals surface area contributed by atoms with Gasteiger partial charge in [0.1, 0.15) is 18.2 Å². The molecule has 1 atom stereocenters. The van der Waals surface area contributed by atoms with Gasteiger partial charge in [0.05, 0.1) is 12.3 Å². The highest BCUT2D eigenvalue weighted by atomic mass is 16.5. The second-order valence-corrected chi connectivity index (χ2v) is 6.08. The van der Waals surface area contributed by atoms with Gasteiger partial charge in [-0.15, -0.1) is 0 Å². The third-order valence-electron chi connectivity index (χ3n) is 4.17. The Kier molecular flexibility index (Phi) is 5.50. The molecule has 1 aromatic heterocycles. The largest absolute Gasteiger partial charge is 0.492 e. The quantitative estimate of drug-likeness (QED) is 0.797. The fourth-order valence-electron chi connectivity index (χ4n) is 3.05. The van der Waals surface area contributed by atoms with Crippen molar-refractivity contribution < 1.29 is 18.8 Å². The lowest BCUT2D eigenvalue weighted by atomic mass is 10.2. The van der Waals surface area contributed by atoms with E-state index in [0.29, 0.717) is 36.3 Å². The highest BCUT2D eigenvalue weighted by Crippen LogP contribution is 2.31. The Labute approximate surface area is 151 Å². The third-order valence-corrected chi connectivity index (χ3v) is 4.17. The van der Waals surface area contributed by atoms with E-state index in [2.05, 4.69) is 15.5 Å². The molecule has 0 bridgehead atoms. The average Bonchev–Trinajstić information content (AvgIpc) is 3.25. The molecule has 138 valence electrons. The molecule has 2 heterocycles. The van der Waals surface area contributed by atoms with Gasteiger partial charge in [-0.05, 0) is 38.8 Å². The summed E-state index contributed by atoms with van der Waals surface area (Å²) in [6.45, 7) is 4.67. The van der Waals surface area contributed by atoms with Crippen molar-refractivity contribution in [2.45, 2.75) is 39.2 Å². The average molecular weight is 358 g/mol. The van der Waals surface area contributed by atoms with Crippen molar-refractivity contribution in [2.75, 3.05) is 18.5 Å². The van der Waals surface area contributed by atoms with E-state index in [1.807, 2.05) is 13.0 Å². The van der Waals surface area contributed by atoms with Gasteiger partial charge >= 0.3 is 0 Å². The summed E-state index contributed by atoms with van der Waals surface area (Å²) in [4.78, 5) is 30.8. The minimum atomic E-state index is -0.380. The molecule has 0 aliphatic carbocycles. The number of nitrogens with one attached hydrogen (secondary N) is 1. The predicted molar refractivity (Wildman–Crippen MR) is 93.6 cm³/mol. The van der Waals surface area contributed by atoms with Gasteiger partial charge in [-0.25, -0.2) is 0 Å². The van der Waals surface area contributed by atoms with E-state index >= 15 is 0 Å². The Balaban J connectivity index is 1.63. The van der Waals surface area contributed by atoms with Gasteiger partial charge in [-0.1, -0.05) is 17.3 Å². The minimum absolute atomic E-state index is 0.246. The van der Waals surface area contributed by atoms with E-state index in [9.17, 15) is 9.59 Å². The minimum Gasteiger partial charge on any atom is -0.492 e. The Bertz CT molecular complexity index is 789. The number of carbonyl (C=O) groups is 2. The normalized spacial score (nSPS) is 16.5. The second kappa shape index (κ2) is 7.99. The maximum Gasteiger partial charge on any atom is 0.249 e. The van der Waals surface area contributed by atoms with E-state index in [1.165, 1.54) is 0 Å². The van der Waals surface area contributed by atoms with E-state index in [1.54, 1.807) is 30.0 Å². The van der Waals surface area contributed by atoms with Crippen LogP contribution in [0.15, 0.2) is 28.8 Å². The lowest BCUT2D eigenvalue weighted by molar-refractivity contribution is -0.135. The summed E-state index contributed by atoms with van der Waals surface area (Å²) < 4.78 is 10.7. The first kappa shape index (κ1) is 17.9. The van der Waals surface area contributed by atoms with Crippen molar-refractivity contribution in [3.63, 3.8) is 0 Å². The van der Waals surface area contributed by atoms with Gasteiger partial charge in [0.15, 0.2) is 5.82 Å². The number of ether oxygens (including phenoxy) is 1. The highest BCUT2D eigenvalue weighted by molar-refractivity contribution is 6.04.